The molecule has 0 bridgehead atoms. The van der Waals surface area contributed by atoms with Crippen LogP contribution in [0, 0.1) is 10.1 Å². The van der Waals surface area contributed by atoms with Crippen molar-refractivity contribution in [1.82, 2.24) is 0 Å². The van der Waals surface area contributed by atoms with E-state index in [0.29, 0.717) is 12.2 Å². The van der Waals surface area contributed by atoms with Gasteiger partial charge in [-0.15, -0.1) is 11.3 Å². The minimum atomic E-state index is -1.19. The molecule has 0 amide bonds. The first-order chi connectivity index (χ1) is 10.0. The third-order valence-electron chi connectivity index (χ3n) is 3.10. The zero-order valence-corrected chi connectivity index (χ0v) is 12.1. The lowest BCUT2D eigenvalue weighted by Gasteiger charge is -2.09. The van der Waals surface area contributed by atoms with Gasteiger partial charge in [-0.3, -0.25) is 10.1 Å². The normalized spacial score (nSPS) is 10.3. The summed E-state index contributed by atoms with van der Waals surface area (Å²) in [6, 6.07) is 5.83. The number of carboxylic acids is 1. The van der Waals surface area contributed by atoms with E-state index in [1.807, 2.05) is 11.4 Å². The number of carbonyl (C=O) groups is 1. The van der Waals surface area contributed by atoms with Crippen LogP contribution in [0.1, 0.15) is 27.7 Å². The summed E-state index contributed by atoms with van der Waals surface area (Å²) in [6.45, 7) is 2.55. The number of rotatable bonds is 6. The second kappa shape index (κ2) is 6.36. The number of nitrogens with one attached hydrogen (secondary N) is 1. The lowest BCUT2D eigenvalue weighted by molar-refractivity contribution is -0.384. The first-order valence-corrected chi connectivity index (χ1v) is 7.21. The Hall–Kier alpha value is -2.41. The molecular weight excluding hydrogens is 292 g/mol. The predicted molar refractivity (Wildman–Crippen MR) is 81.1 cm³/mol. The van der Waals surface area contributed by atoms with E-state index >= 15 is 0 Å². The molecule has 6 nitrogen and oxygen atoms in total. The van der Waals surface area contributed by atoms with Crippen molar-refractivity contribution >= 4 is 28.7 Å². The molecule has 0 aliphatic rings. The van der Waals surface area contributed by atoms with E-state index in [1.54, 1.807) is 11.3 Å². The van der Waals surface area contributed by atoms with Crippen molar-refractivity contribution in [3.05, 3.63) is 55.8 Å². The van der Waals surface area contributed by atoms with E-state index in [1.165, 1.54) is 17.7 Å². The lowest BCUT2D eigenvalue weighted by atomic mass is 10.1. The van der Waals surface area contributed by atoms with Gasteiger partial charge in [0.1, 0.15) is 0 Å². The first-order valence-electron chi connectivity index (χ1n) is 6.33. The number of hydrogen-bond donors (Lipinski definition) is 2. The summed E-state index contributed by atoms with van der Waals surface area (Å²) >= 11 is 1.60. The van der Waals surface area contributed by atoms with Crippen molar-refractivity contribution in [3.8, 4) is 0 Å². The molecule has 0 spiro atoms. The molecule has 0 aliphatic heterocycles. The van der Waals surface area contributed by atoms with Crippen LogP contribution >= 0.6 is 11.3 Å². The number of nitro benzene ring substituents is 1. The number of thiophene rings is 1. The van der Waals surface area contributed by atoms with Crippen molar-refractivity contribution in [2.45, 2.75) is 19.9 Å². The van der Waals surface area contributed by atoms with E-state index in [0.717, 1.165) is 17.4 Å². The van der Waals surface area contributed by atoms with E-state index in [2.05, 4.69) is 12.2 Å². The molecule has 1 aromatic carbocycles. The number of hydrogen-bond acceptors (Lipinski definition) is 5. The van der Waals surface area contributed by atoms with Gasteiger partial charge in [0.05, 0.1) is 10.5 Å². The van der Waals surface area contributed by atoms with Crippen molar-refractivity contribution in [3.63, 3.8) is 0 Å². The van der Waals surface area contributed by atoms with Crippen LogP contribution in [0.5, 0.6) is 0 Å². The highest BCUT2D eigenvalue weighted by Crippen LogP contribution is 2.24. The molecule has 7 heteroatoms. The number of benzene rings is 1. The van der Waals surface area contributed by atoms with Gasteiger partial charge in [-0.25, -0.2) is 4.79 Å². The number of anilines is 1. The van der Waals surface area contributed by atoms with Crippen LogP contribution in [0.15, 0.2) is 29.6 Å². The minimum absolute atomic E-state index is 0.0983. The number of non-ortho nitro benzene ring substituents is 1. The Kier molecular flexibility index (Phi) is 4.54. The van der Waals surface area contributed by atoms with Crippen LogP contribution in [0.25, 0.3) is 0 Å². The summed E-state index contributed by atoms with van der Waals surface area (Å²) in [5, 5.41) is 24.9. The number of nitrogens with zero attached hydrogens (tertiary/aromatic N) is 1. The molecule has 1 heterocycles. The maximum absolute atomic E-state index is 11.2. The largest absolute Gasteiger partial charge is 0.478 e. The fourth-order valence-electron chi connectivity index (χ4n) is 1.99. The Balaban J connectivity index is 2.23. The van der Waals surface area contributed by atoms with Gasteiger partial charge in [0.15, 0.2) is 0 Å². The molecular formula is C14H14N2O4S. The van der Waals surface area contributed by atoms with Gasteiger partial charge in [0, 0.05) is 29.2 Å². The molecule has 2 N–H and O–H groups in total. The van der Waals surface area contributed by atoms with Crippen molar-refractivity contribution in [2.75, 3.05) is 5.32 Å². The molecule has 110 valence electrons. The third kappa shape index (κ3) is 3.38. The maximum Gasteiger partial charge on any atom is 0.338 e. The zero-order valence-electron chi connectivity index (χ0n) is 11.3. The second-order valence-electron chi connectivity index (χ2n) is 4.37. The molecule has 1 aromatic heterocycles. The van der Waals surface area contributed by atoms with E-state index in [9.17, 15) is 14.9 Å². The van der Waals surface area contributed by atoms with Crippen molar-refractivity contribution in [1.29, 1.82) is 0 Å². The number of nitro groups is 1. The molecule has 0 saturated heterocycles. The maximum atomic E-state index is 11.2. The average molecular weight is 306 g/mol. The third-order valence-corrected chi connectivity index (χ3v) is 4.07. The molecule has 0 saturated carbocycles. The second-order valence-corrected chi connectivity index (χ2v) is 5.37. The Morgan fingerprint density at radius 1 is 1.43 bits per heavy atom. The summed E-state index contributed by atoms with van der Waals surface area (Å²) in [4.78, 5) is 22.5. The van der Waals surface area contributed by atoms with Crippen LogP contribution in [0.3, 0.4) is 0 Å². The molecule has 2 rings (SSSR count). The van der Waals surface area contributed by atoms with Gasteiger partial charge in [-0.05, 0) is 29.5 Å². The van der Waals surface area contributed by atoms with Crippen LogP contribution in [-0.2, 0) is 13.0 Å². The van der Waals surface area contributed by atoms with E-state index in [4.69, 9.17) is 5.11 Å². The summed E-state index contributed by atoms with van der Waals surface area (Å²) in [5.41, 5.74) is 1.26. The fraction of sp³-hybridized carbons (Fsp3) is 0.214. The van der Waals surface area contributed by atoms with Gasteiger partial charge in [-0.1, -0.05) is 6.92 Å². The van der Waals surface area contributed by atoms with Gasteiger partial charge in [0.2, 0.25) is 0 Å². The molecule has 21 heavy (non-hydrogen) atoms. The van der Waals surface area contributed by atoms with Crippen molar-refractivity contribution < 1.29 is 14.8 Å². The lowest BCUT2D eigenvalue weighted by Crippen LogP contribution is -2.07. The Morgan fingerprint density at radius 3 is 2.81 bits per heavy atom. The minimum Gasteiger partial charge on any atom is -0.478 e. The molecule has 0 atom stereocenters. The summed E-state index contributed by atoms with van der Waals surface area (Å²) in [7, 11) is 0. The standard InChI is InChI=1S/C14H14N2O4S/c1-2-9-5-6-21-13(9)8-15-12-4-3-10(16(19)20)7-11(12)14(17)18/h3-7,15H,2,8H2,1H3,(H,17,18). The molecule has 0 radical (unpaired) electrons. The summed E-state index contributed by atoms with van der Waals surface area (Å²) in [5.74, 6) is -1.19. The number of carboxylic acid groups (broad SMARTS) is 1. The first kappa shape index (κ1) is 15.0. The van der Waals surface area contributed by atoms with Crippen molar-refractivity contribution in [2.24, 2.45) is 0 Å². The van der Waals surface area contributed by atoms with Gasteiger partial charge >= 0.3 is 5.97 Å². The predicted octanol–water partition coefficient (Wildman–Crippen LogP) is 3.53. The zero-order chi connectivity index (χ0) is 15.4. The Bertz CT molecular complexity index is 681. The highest BCUT2D eigenvalue weighted by molar-refractivity contribution is 7.10. The summed E-state index contributed by atoms with van der Waals surface area (Å²) in [6.07, 6.45) is 0.909. The highest BCUT2D eigenvalue weighted by atomic mass is 32.1. The molecule has 0 unspecified atom stereocenters. The SMILES string of the molecule is CCc1ccsc1CNc1ccc([N+](=O)[O-])cc1C(=O)O. The van der Waals surface area contributed by atoms with Crippen LogP contribution in [-0.4, -0.2) is 16.0 Å². The van der Waals surface area contributed by atoms with Crippen LogP contribution in [0.4, 0.5) is 11.4 Å². The van der Waals surface area contributed by atoms with Crippen LogP contribution < -0.4 is 5.32 Å². The fourth-order valence-corrected chi connectivity index (χ4v) is 2.91. The van der Waals surface area contributed by atoms with Gasteiger partial charge in [0.25, 0.3) is 5.69 Å². The monoisotopic (exact) mass is 306 g/mol. The summed E-state index contributed by atoms with van der Waals surface area (Å²) < 4.78 is 0. The smallest absolute Gasteiger partial charge is 0.338 e. The van der Waals surface area contributed by atoms with Gasteiger partial charge < -0.3 is 10.4 Å². The average Bonchev–Trinajstić information content (AvgIpc) is 2.92. The molecule has 0 fully saturated rings. The quantitative estimate of drug-likeness (QED) is 0.629. The Labute approximate surface area is 125 Å². The van der Waals surface area contributed by atoms with E-state index < -0.39 is 10.9 Å². The van der Waals surface area contributed by atoms with Gasteiger partial charge in [-0.2, -0.15) is 0 Å². The Morgan fingerprint density at radius 2 is 2.19 bits per heavy atom. The molecule has 2 aromatic rings. The van der Waals surface area contributed by atoms with E-state index in [-0.39, 0.29) is 11.3 Å². The highest BCUT2D eigenvalue weighted by Gasteiger charge is 2.16. The number of aryl methyl sites for hydroxylation is 1. The van der Waals surface area contributed by atoms with Crippen LogP contribution in [0.2, 0.25) is 0 Å². The topological polar surface area (TPSA) is 92.5 Å². The molecule has 0 aliphatic carbocycles. The number of aromatic carboxylic acids is 1.